The molecule has 0 aromatic heterocycles. The lowest BCUT2D eigenvalue weighted by atomic mass is 10.2. The van der Waals surface area contributed by atoms with Crippen molar-refractivity contribution >= 4 is 34.2 Å². The third-order valence-electron chi connectivity index (χ3n) is 2.30. The maximum absolute atomic E-state index is 13.4. The molecule has 0 fully saturated rings. The maximum Gasteiger partial charge on any atom is 0.258 e. The Balaban J connectivity index is 2.22. The highest BCUT2D eigenvalue weighted by molar-refractivity contribution is 14.1. The fourth-order valence-electron chi connectivity index (χ4n) is 1.41. The van der Waals surface area contributed by atoms with Crippen molar-refractivity contribution in [2.75, 3.05) is 5.32 Å². The van der Waals surface area contributed by atoms with Gasteiger partial charge in [0.15, 0.2) is 11.6 Å². The number of nitrogens with one attached hydrogen (secondary N) is 1. The van der Waals surface area contributed by atoms with Gasteiger partial charge >= 0.3 is 0 Å². The molecule has 0 bridgehead atoms. The molecule has 5 heteroatoms. The normalized spacial score (nSPS) is 10.2. The molecule has 1 amide bonds. The van der Waals surface area contributed by atoms with Gasteiger partial charge < -0.3 is 5.32 Å². The van der Waals surface area contributed by atoms with Gasteiger partial charge in [0.2, 0.25) is 0 Å². The van der Waals surface area contributed by atoms with E-state index in [-0.39, 0.29) is 5.56 Å². The number of benzene rings is 2. The lowest BCUT2D eigenvalue weighted by Crippen LogP contribution is -2.14. The van der Waals surface area contributed by atoms with Crippen LogP contribution in [0.1, 0.15) is 10.4 Å². The van der Waals surface area contributed by atoms with Crippen molar-refractivity contribution in [1.82, 2.24) is 0 Å². The van der Waals surface area contributed by atoms with E-state index in [0.717, 1.165) is 9.64 Å². The monoisotopic (exact) mass is 359 g/mol. The lowest BCUT2D eigenvalue weighted by molar-refractivity contribution is 0.102. The van der Waals surface area contributed by atoms with Crippen LogP contribution in [-0.4, -0.2) is 5.91 Å². The Morgan fingerprint density at radius 2 is 1.72 bits per heavy atom. The molecule has 92 valence electrons. The summed E-state index contributed by atoms with van der Waals surface area (Å²) in [5, 5.41) is 2.50. The first-order chi connectivity index (χ1) is 8.58. The maximum atomic E-state index is 13.4. The first-order valence-electron chi connectivity index (χ1n) is 5.09. The molecule has 2 aromatic carbocycles. The zero-order valence-electron chi connectivity index (χ0n) is 9.08. The minimum Gasteiger partial charge on any atom is -0.322 e. The number of rotatable bonds is 2. The van der Waals surface area contributed by atoms with E-state index in [9.17, 15) is 13.6 Å². The first-order valence-corrected chi connectivity index (χ1v) is 6.17. The molecule has 0 aliphatic carbocycles. The Morgan fingerprint density at radius 1 is 1.06 bits per heavy atom. The van der Waals surface area contributed by atoms with Gasteiger partial charge in [-0.05, 0) is 59.0 Å². The summed E-state index contributed by atoms with van der Waals surface area (Å²) in [6.07, 6.45) is 0. The molecule has 0 saturated carbocycles. The third-order valence-corrected chi connectivity index (χ3v) is 3.02. The Bertz CT molecular complexity index is 584. The average molecular weight is 359 g/mol. The fraction of sp³-hybridized carbons (Fsp3) is 0. The molecule has 1 N–H and O–H groups in total. The molecule has 0 aliphatic rings. The van der Waals surface area contributed by atoms with Crippen LogP contribution in [-0.2, 0) is 0 Å². The van der Waals surface area contributed by atoms with E-state index in [0.29, 0.717) is 5.69 Å². The van der Waals surface area contributed by atoms with Crippen LogP contribution in [0, 0.1) is 15.2 Å². The molecule has 0 atom stereocenters. The number of halogens is 3. The van der Waals surface area contributed by atoms with Gasteiger partial charge in [-0.1, -0.05) is 6.07 Å². The second kappa shape index (κ2) is 5.43. The van der Waals surface area contributed by atoms with Crippen LogP contribution in [0.15, 0.2) is 42.5 Å². The summed E-state index contributed by atoms with van der Waals surface area (Å²) >= 11 is 2.13. The number of amides is 1. The van der Waals surface area contributed by atoms with Crippen LogP contribution < -0.4 is 5.32 Å². The summed E-state index contributed by atoms with van der Waals surface area (Å²) in [6, 6.07) is 10.5. The van der Waals surface area contributed by atoms with Crippen molar-refractivity contribution in [1.29, 1.82) is 0 Å². The molecule has 0 aliphatic heterocycles. The summed E-state index contributed by atoms with van der Waals surface area (Å²) in [6.45, 7) is 0. The number of hydrogen-bond donors (Lipinski definition) is 1. The summed E-state index contributed by atoms with van der Waals surface area (Å²) in [5.74, 6) is -2.85. The van der Waals surface area contributed by atoms with Gasteiger partial charge in [0, 0.05) is 9.26 Å². The summed E-state index contributed by atoms with van der Waals surface area (Å²) < 4.78 is 27.4. The number of hydrogen-bond acceptors (Lipinski definition) is 1. The van der Waals surface area contributed by atoms with Gasteiger partial charge in [-0.2, -0.15) is 0 Å². The molecular weight excluding hydrogens is 351 g/mol. The zero-order valence-corrected chi connectivity index (χ0v) is 11.2. The Hall–Kier alpha value is -1.50. The Morgan fingerprint density at radius 3 is 2.39 bits per heavy atom. The second-order valence-electron chi connectivity index (χ2n) is 3.56. The van der Waals surface area contributed by atoms with Crippen LogP contribution in [0.5, 0.6) is 0 Å². The smallest absolute Gasteiger partial charge is 0.258 e. The van der Waals surface area contributed by atoms with Crippen molar-refractivity contribution < 1.29 is 13.6 Å². The number of carbonyl (C=O) groups excluding carboxylic acids is 1. The molecule has 2 rings (SSSR count). The topological polar surface area (TPSA) is 29.1 Å². The lowest BCUT2D eigenvalue weighted by Gasteiger charge is -2.06. The third kappa shape index (κ3) is 2.84. The van der Waals surface area contributed by atoms with Crippen molar-refractivity contribution in [3.8, 4) is 0 Å². The molecule has 2 nitrogen and oxygen atoms in total. The highest BCUT2D eigenvalue weighted by Gasteiger charge is 2.14. The first kappa shape index (κ1) is 12.9. The van der Waals surface area contributed by atoms with Crippen molar-refractivity contribution in [3.63, 3.8) is 0 Å². The van der Waals surface area contributed by atoms with Gasteiger partial charge in [-0.15, -0.1) is 0 Å². The average Bonchev–Trinajstić information content (AvgIpc) is 2.35. The van der Waals surface area contributed by atoms with Gasteiger partial charge in [0.25, 0.3) is 5.91 Å². The minimum absolute atomic E-state index is 0.312. The SMILES string of the molecule is O=C(Nc1ccc(I)cc1)c1cccc(F)c1F. The summed E-state index contributed by atoms with van der Waals surface area (Å²) in [7, 11) is 0. The second-order valence-corrected chi connectivity index (χ2v) is 4.81. The molecule has 0 saturated heterocycles. The molecular formula is C13H8F2INO. The van der Waals surface area contributed by atoms with Crippen LogP contribution in [0.25, 0.3) is 0 Å². The van der Waals surface area contributed by atoms with Crippen molar-refractivity contribution in [2.24, 2.45) is 0 Å². The van der Waals surface area contributed by atoms with Crippen LogP contribution in [0.2, 0.25) is 0 Å². The van der Waals surface area contributed by atoms with Crippen molar-refractivity contribution in [2.45, 2.75) is 0 Å². The van der Waals surface area contributed by atoms with E-state index in [2.05, 4.69) is 27.9 Å². The number of anilines is 1. The van der Waals surface area contributed by atoms with Crippen LogP contribution in [0.3, 0.4) is 0 Å². The van der Waals surface area contributed by atoms with Crippen molar-refractivity contribution in [3.05, 3.63) is 63.2 Å². The van der Waals surface area contributed by atoms with Crippen LogP contribution in [0.4, 0.5) is 14.5 Å². The van der Waals surface area contributed by atoms with E-state index in [1.807, 2.05) is 0 Å². The van der Waals surface area contributed by atoms with Gasteiger partial charge in [-0.25, -0.2) is 8.78 Å². The quantitative estimate of drug-likeness (QED) is 0.812. The molecule has 0 radical (unpaired) electrons. The largest absolute Gasteiger partial charge is 0.322 e. The van der Waals surface area contributed by atoms with Gasteiger partial charge in [0.05, 0.1) is 5.56 Å². The van der Waals surface area contributed by atoms with E-state index in [4.69, 9.17) is 0 Å². The summed E-state index contributed by atoms with van der Waals surface area (Å²) in [4.78, 5) is 11.8. The highest BCUT2D eigenvalue weighted by atomic mass is 127. The Labute approximate surface area is 116 Å². The highest BCUT2D eigenvalue weighted by Crippen LogP contribution is 2.15. The fourth-order valence-corrected chi connectivity index (χ4v) is 1.77. The van der Waals surface area contributed by atoms with E-state index >= 15 is 0 Å². The van der Waals surface area contributed by atoms with Gasteiger partial charge in [-0.3, -0.25) is 4.79 Å². The van der Waals surface area contributed by atoms with E-state index in [1.165, 1.54) is 12.1 Å². The number of carbonyl (C=O) groups is 1. The zero-order chi connectivity index (χ0) is 13.1. The molecule has 0 spiro atoms. The predicted molar refractivity (Wildman–Crippen MR) is 73.5 cm³/mol. The predicted octanol–water partition coefficient (Wildman–Crippen LogP) is 3.82. The van der Waals surface area contributed by atoms with Gasteiger partial charge in [0.1, 0.15) is 0 Å². The Kier molecular flexibility index (Phi) is 3.90. The molecule has 18 heavy (non-hydrogen) atoms. The molecule has 0 unspecified atom stereocenters. The van der Waals surface area contributed by atoms with Crippen LogP contribution >= 0.6 is 22.6 Å². The summed E-state index contributed by atoms with van der Waals surface area (Å²) in [5.41, 5.74) is 0.220. The molecule has 0 heterocycles. The molecule has 2 aromatic rings. The van der Waals surface area contributed by atoms with E-state index in [1.54, 1.807) is 24.3 Å². The standard InChI is InChI=1S/C13H8F2INO/c14-11-3-1-2-10(12(11)15)13(18)17-9-6-4-8(16)5-7-9/h1-7H,(H,17,18). The van der Waals surface area contributed by atoms with E-state index < -0.39 is 17.5 Å². The minimum atomic E-state index is -1.14.